The molecule has 0 amide bonds. The molecule has 19 heavy (non-hydrogen) atoms. The van der Waals surface area contributed by atoms with E-state index in [-0.39, 0.29) is 6.42 Å². The maximum atomic E-state index is 10.8. The minimum absolute atomic E-state index is 0.0151. The van der Waals surface area contributed by atoms with Gasteiger partial charge in [-0.15, -0.1) is 0 Å². The second kappa shape index (κ2) is 4.53. The highest BCUT2D eigenvalue weighted by atomic mass is 16.4. The summed E-state index contributed by atoms with van der Waals surface area (Å²) in [6.45, 7) is 0. The van der Waals surface area contributed by atoms with E-state index in [4.69, 9.17) is 5.11 Å². The number of rotatable bonds is 3. The van der Waals surface area contributed by atoms with Gasteiger partial charge in [-0.05, 0) is 11.6 Å². The molecule has 2 aromatic heterocycles. The molecule has 5 nitrogen and oxygen atoms in total. The number of hydrogen-bond acceptors (Lipinski definition) is 3. The van der Waals surface area contributed by atoms with E-state index in [1.807, 2.05) is 28.8 Å². The predicted molar refractivity (Wildman–Crippen MR) is 69.8 cm³/mol. The van der Waals surface area contributed by atoms with E-state index in [0.717, 1.165) is 22.5 Å². The molecule has 0 aliphatic heterocycles. The fourth-order valence-corrected chi connectivity index (χ4v) is 2.08. The molecule has 0 atom stereocenters. The number of imidazole rings is 1. The summed E-state index contributed by atoms with van der Waals surface area (Å²) in [5, 5.41) is 8.84. The minimum atomic E-state index is -0.837. The molecule has 0 saturated heterocycles. The molecule has 0 bridgehead atoms. The number of aromatic nitrogens is 3. The molecular weight excluding hydrogens is 242 g/mol. The lowest BCUT2D eigenvalue weighted by molar-refractivity contribution is -0.136. The number of hydrogen-bond donors (Lipinski definition) is 1. The molecule has 2 heterocycles. The Hall–Kier alpha value is -2.69. The third kappa shape index (κ3) is 2.18. The van der Waals surface area contributed by atoms with Crippen LogP contribution in [0.25, 0.3) is 16.9 Å². The van der Waals surface area contributed by atoms with Crippen molar-refractivity contribution in [1.82, 2.24) is 14.4 Å². The summed E-state index contributed by atoms with van der Waals surface area (Å²) in [5.74, 6) is -0.837. The zero-order valence-corrected chi connectivity index (χ0v) is 10.0. The van der Waals surface area contributed by atoms with Crippen LogP contribution in [-0.2, 0) is 11.2 Å². The van der Waals surface area contributed by atoms with Gasteiger partial charge in [0.2, 0.25) is 0 Å². The lowest BCUT2D eigenvalue weighted by Gasteiger charge is -2.06. The summed E-state index contributed by atoms with van der Waals surface area (Å²) in [4.78, 5) is 19.1. The molecule has 3 rings (SSSR count). The molecule has 0 radical (unpaired) electrons. The lowest BCUT2D eigenvalue weighted by Crippen LogP contribution is -2.00. The van der Waals surface area contributed by atoms with E-state index in [2.05, 4.69) is 9.97 Å². The molecule has 5 heteroatoms. The van der Waals surface area contributed by atoms with Gasteiger partial charge in [-0.25, -0.2) is 4.98 Å². The number of aliphatic carboxylic acids is 1. The normalized spacial score (nSPS) is 10.7. The summed E-state index contributed by atoms with van der Waals surface area (Å²) in [7, 11) is 0. The van der Waals surface area contributed by atoms with E-state index < -0.39 is 5.97 Å². The monoisotopic (exact) mass is 253 g/mol. The van der Waals surface area contributed by atoms with Gasteiger partial charge in [0, 0.05) is 18.0 Å². The first-order valence-electron chi connectivity index (χ1n) is 5.82. The van der Waals surface area contributed by atoms with Gasteiger partial charge < -0.3 is 5.11 Å². The van der Waals surface area contributed by atoms with Crippen LogP contribution in [0.1, 0.15) is 5.56 Å². The van der Waals surface area contributed by atoms with Gasteiger partial charge >= 0.3 is 5.97 Å². The van der Waals surface area contributed by atoms with E-state index in [1.54, 1.807) is 24.7 Å². The van der Waals surface area contributed by atoms with Crippen molar-refractivity contribution in [2.45, 2.75) is 6.42 Å². The number of nitrogens with zero attached hydrogens (tertiary/aromatic N) is 3. The molecule has 0 fully saturated rings. The Labute approximate surface area is 109 Å². The Balaban J connectivity index is 2.11. The topological polar surface area (TPSA) is 67.5 Å². The zero-order chi connectivity index (χ0) is 13.2. The van der Waals surface area contributed by atoms with Gasteiger partial charge in [0.05, 0.1) is 24.5 Å². The summed E-state index contributed by atoms with van der Waals surface area (Å²) < 4.78 is 1.92. The van der Waals surface area contributed by atoms with Gasteiger partial charge in [-0.2, -0.15) is 0 Å². The maximum Gasteiger partial charge on any atom is 0.307 e. The summed E-state index contributed by atoms with van der Waals surface area (Å²) in [6, 6.07) is 7.45. The van der Waals surface area contributed by atoms with E-state index >= 15 is 0 Å². The quantitative estimate of drug-likeness (QED) is 0.775. The molecule has 1 aromatic carbocycles. The molecule has 1 N–H and O–H groups in total. The number of fused-ring (bicyclic) bond motifs is 1. The fourth-order valence-electron chi connectivity index (χ4n) is 2.08. The van der Waals surface area contributed by atoms with Crippen LogP contribution in [0.4, 0.5) is 0 Å². The van der Waals surface area contributed by atoms with Gasteiger partial charge in [0.1, 0.15) is 0 Å². The molecule has 0 spiro atoms. The Bertz CT molecular complexity index is 749. The van der Waals surface area contributed by atoms with Crippen molar-refractivity contribution in [3.8, 4) is 11.3 Å². The van der Waals surface area contributed by atoms with E-state index in [9.17, 15) is 4.79 Å². The van der Waals surface area contributed by atoms with Gasteiger partial charge in [0.15, 0.2) is 5.65 Å². The van der Waals surface area contributed by atoms with Crippen molar-refractivity contribution in [2.75, 3.05) is 0 Å². The average molecular weight is 253 g/mol. The Morgan fingerprint density at radius 3 is 3.05 bits per heavy atom. The molecular formula is C14H11N3O2. The summed E-state index contributed by atoms with van der Waals surface area (Å²) in [5.41, 5.74) is 3.35. The first-order valence-corrected chi connectivity index (χ1v) is 5.82. The maximum absolute atomic E-state index is 10.8. The van der Waals surface area contributed by atoms with Crippen molar-refractivity contribution in [3.63, 3.8) is 0 Å². The standard InChI is InChI=1S/C14H11N3O2/c18-14(19)7-10-2-1-3-11(6-10)12-8-15-9-13-16-4-5-17(12)13/h1-6,8-9H,7H2,(H,18,19). The number of carboxylic acids is 1. The van der Waals surface area contributed by atoms with Crippen LogP contribution in [0.5, 0.6) is 0 Å². The second-order valence-electron chi connectivity index (χ2n) is 4.22. The van der Waals surface area contributed by atoms with Gasteiger partial charge in [-0.3, -0.25) is 14.2 Å². The minimum Gasteiger partial charge on any atom is -0.481 e. The zero-order valence-electron chi connectivity index (χ0n) is 10.0. The smallest absolute Gasteiger partial charge is 0.307 e. The van der Waals surface area contributed by atoms with Crippen LogP contribution in [0.3, 0.4) is 0 Å². The average Bonchev–Trinajstić information content (AvgIpc) is 2.86. The highest BCUT2D eigenvalue weighted by molar-refractivity contribution is 5.71. The van der Waals surface area contributed by atoms with Crippen molar-refractivity contribution < 1.29 is 9.90 Å². The van der Waals surface area contributed by atoms with Crippen LogP contribution in [0, 0.1) is 0 Å². The SMILES string of the molecule is O=C(O)Cc1cccc(-c2cncc3nccn23)c1. The van der Waals surface area contributed by atoms with E-state index in [1.165, 1.54) is 0 Å². The Morgan fingerprint density at radius 1 is 1.32 bits per heavy atom. The molecule has 0 aliphatic carbocycles. The lowest BCUT2D eigenvalue weighted by atomic mass is 10.1. The number of benzene rings is 1. The first-order chi connectivity index (χ1) is 9.24. The molecule has 0 saturated carbocycles. The van der Waals surface area contributed by atoms with Gasteiger partial charge in [-0.1, -0.05) is 18.2 Å². The van der Waals surface area contributed by atoms with Crippen LogP contribution >= 0.6 is 0 Å². The van der Waals surface area contributed by atoms with Gasteiger partial charge in [0.25, 0.3) is 0 Å². The highest BCUT2D eigenvalue weighted by Crippen LogP contribution is 2.20. The highest BCUT2D eigenvalue weighted by Gasteiger charge is 2.06. The number of carboxylic acid groups (broad SMARTS) is 1. The second-order valence-corrected chi connectivity index (χ2v) is 4.22. The molecule has 94 valence electrons. The Kier molecular flexibility index (Phi) is 2.72. The molecule has 0 unspecified atom stereocenters. The van der Waals surface area contributed by atoms with Crippen molar-refractivity contribution in [2.24, 2.45) is 0 Å². The molecule has 0 aliphatic rings. The summed E-state index contributed by atoms with van der Waals surface area (Å²) >= 11 is 0. The summed E-state index contributed by atoms with van der Waals surface area (Å²) in [6.07, 6.45) is 7.01. The van der Waals surface area contributed by atoms with Crippen LogP contribution in [0.2, 0.25) is 0 Å². The predicted octanol–water partition coefficient (Wildman–Crippen LogP) is 2.02. The fraction of sp³-hybridized carbons (Fsp3) is 0.0714. The third-order valence-electron chi connectivity index (χ3n) is 2.89. The largest absolute Gasteiger partial charge is 0.481 e. The van der Waals surface area contributed by atoms with E-state index in [0.29, 0.717) is 0 Å². The van der Waals surface area contributed by atoms with Crippen molar-refractivity contribution in [3.05, 3.63) is 54.6 Å². The van der Waals surface area contributed by atoms with Crippen molar-refractivity contribution in [1.29, 1.82) is 0 Å². The van der Waals surface area contributed by atoms with Crippen LogP contribution in [-0.4, -0.2) is 25.4 Å². The van der Waals surface area contributed by atoms with Crippen LogP contribution in [0.15, 0.2) is 49.1 Å². The third-order valence-corrected chi connectivity index (χ3v) is 2.89. The van der Waals surface area contributed by atoms with Crippen molar-refractivity contribution >= 4 is 11.6 Å². The van der Waals surface area contributed by atoms with Crippen LogP contribution < -0.4 is 0 Å². The first kappa shape index (κ1) is 11.4. The molecule has 3 aromatic rings. The Morgan fingerprint density at radius 2 is 2.21 bits per heavy atom. The number of carbonyl (C=O) groups is 1.